The van der Waals surface area contributed by atoms with Crippen LogP contribution < -0.4 is 4.90 Å². The lowest BCUT2D eigenvalue weighted by Crippen LogP contribution is -2.16. The van der Waals surface area contributed by atoms with Crippen LogP contribution in [0.3, 0.4) is 0 Å². The Morgan fingerprint density at radius 3 is 2.12 bits per heavy atom. The summed E-state index contributed by atoms with van der Waals surface area (Å²) in [4.78, 5) is 2.50. The summed E-state index contributed by atoms with van der Waals surface area (Å²) in [5.74, 6) is 0. The minimum atomic E-state index is -0.0917. The summed E-state index contributed by atoms with van der Waals surface area (Å²) >= 11 is 1.87. The predicted octanol–water partition coefficient (Wildman–Crippen LogP) is 11.7. The fourth-order valence-corrected chi connectivity index (χ4v) is 8.37. The van der Waals surface area contributed by atoms with Crippen LogP contribution in [0.1, 0.15) is 25.0 Å². The van der Waals surface area contributed by atoms with Gasteiger partial charge in [0.2, 0.25) is 0 Å². The number of benzene rings is 6. The van der Waals surface area contributed by atoms with Crippen molar-refractivity contribution < 1.29 is 4.42 Å². The van der Waals surface area contributed by atoms with Gasteiger partial charge in [0, 0.05) is 31.8 Å². The third kappa shape index (κ3) is 3.14. The molecule has 0 amide bonds. The van der Waals surface area contributed by atoms with E-state index in [2.05, 4.69) is 140 Å². The lowest BCUT2D eigenvalue weighted by Gasteiger charge is -2.29. The van der Waals surface area contributed by atoms with Gasteiger partial charge in [0.1, 0.15) is 11.2 Å². The van der Waals surface area contributed by atoms with Crippen molar-refractivity contribution in [2.45, 2.75) is 19.3 Å². The maximum Gasteiger partial charge on any atom is 0.137 e. The van der Waals surface area contributed by atoms with Crippen molar-refractivity contribution in [3.63, 3.8) is 0 Å². The Hall–Kier alpha value is -4.86. The zero-order valence-electron chi connectivity index (χ0n) is 23.4. The van der Waals surface area contributed by atoms with Crippen LogP contribution in [0, 0.1) is 0 Å². The molecule has 0 spiro atoms. The van der Waals surface area contributed by atoms with Crippen molar-refractivity contribution in [3.8, 4) is 11.1 Å². The first-order chi connectivity index (χ1) is 20.6. The maximum absolute atomic E-state index is 6.41. The number of rotatable bonds is 3. The Labute approximate surface area is 248 Å². The highest BCUT2D eigenvalue weighted by Gasteiger charge is 2.38. The van der Waals surface area contributed by atoms with Crippen LogP contribution in [-0.2, 0) is 5.41 Å². The first-order valence-corrected chi connectivity index (χ1v) is 15.3. The summed E-state index contributed by atoms with van der Waals surface area (Å²) in [6.07, 6.45) is 0. The van der Waals surface area contributed by atoms with E-state index in [0.29, 0.717) is 0 Å². The van der Waals surface area contributed by atoms with Gasteiger partial charge in [0.05, 0.1) is 27.1 Å². The molecule has 200 valence electrons. The fourth-order valence-electron chi connectivity index (χ4n) is 7.16. The van der Waals surface area contributed by atoms with E-state index >= 15 is 0 Å². The quantitative estimate of drug-likeness (QED) is 0.215. The van der Waals surface area contributed by atoms with Gasteiger partial charge < -0.3 is 9.32 Å². The Kier molecular flexibility index (Phi) is 4.86. The number of thiophene rings is 1. The zero-order valence-corrected chi connectivity index (χ0v) is 24.2. The second kappa shape index (κ2) is 8.58. The number of nitrogens with zero attached hydrogens (tertiary/aromatic N) is 1. The molecule has 1 aliphatic rings. The maximum atomic E-state index is 6.41. The molecule has 3 heteroatoms. The highest BCUT2D eigenvalue weighted by molar-refractivity contribution is 7.26. The summed E-state index contributed by atoms with van der Waals surface area (Å²) in [5, 5.41) is 4.85. The normalized spacial score (nSPS) is 13.7. The molecule has 0 N–H and O–H groups in total. The molecule has 1 aliphatic carbocycles. The highest BCUT2D eigenvalue weighted by atomic mass is 32.1. The summed E-state index contributed by atoms with van der Waals surface area (Å²) < 4.78 is 8.99. The van der Waals surface area contributed by atoms with E-state index in [0.717, 1.165) is 27.6 Å². The molecule has 0 fully saturated rings. The molecule has 0 atom stereocenters. The SMILES string of the molecule is CC1(C)c2ccccc2-c2c(N(c3cccc4c3sc3ccccc34)c3cccc4oc5ccccc5c34)cccc21. The summed E-state index contributed by atoms with van der Waals surface area (Å²) in [5.41, 5.74) is 10.6. The third-order valence-electron chi connectivity index (χ3n) is 9.07. The van der Waals surface area contributed by atoms with Crippen molar-refractivity contribution >= 4 is 70.5 Å². The van der Waals surface area contributed by atoms with Crippen LogP contribution in [0.5, 0.6) is 0 Å². The minimum absolute atomic E-state index is 0.0917. The Morgan fingerprint density at radius 1 is 0.548 bits per heavy atom. The number of hydrogen-bond donors (Lipinski definition) is 0. The molecule has 2 nitrogen and oxygen atoms in total. The van der Waals surface area contributed by atoms with E-state index < -0.39 is 0 Å². The van der Waals surface area contributed by atoms with Gasteiger partial charge in [-0.3, -0.25) is 0 Å². The molecule has 0 unspecified atom stereocenters. The van der Waals surface area contributed by atoms with Crippen LogP contribution in [0.2, 0.25) is 0 Å². The van der Waals surface area contributed by atoms with Gasteiger partial charge >= 0.3 is 0 Å². The van der Waals surface area contributed by atoms with Crippen LogP contribution in [0.4, 0.5) is 17.1 Å². The number of para-hydroxylation sites is 1. The Bertz CT molecular complexity index is 2350. The van der Waals surface area contributed by atoms with E-state index in [1.165, 1.54) is 53.8 Å². The van der Waals surface area contributed by atoms with Gasteiger partial charge in [-0.1, -0.05) is 105 Å². The zero-order chi connectivity index (χ0) is 28.0. The van der Waals surface area contributed by atoms with Crippen molar-refractivity contribution in [1.82, 2.24) is 0 Å². The monoisotopic (exact) mass is 557 g/mol. The van der Waals surface area contributed by atoms with E-state index in [-0.39, 0.29) is 5.41 Å². The fraction of sp³-hybridized carbons (Fsp3) is 0.0769. The molecule has 6 aromatic carbocycles. The topological polar surface area (TPSA) is 16.4 Å². The van der Waals surface area contributed by atoms with E-state index in [4.69, 9.17) is 4.42 Å². The number of anilines is 3. The molecule has 0 saturated carbocycles. The Balaban J connectivity index is 1.44. The standard InChI is InChI=1S/C39H27NOS/c1-39(2)28-16-6-3-13-26(28)36-29(39)17-10-18-30(36)40(31-19-11-22-34-37(31)27-14-4-7-21-33(27)41-34)32-20-9-15-25-24-12-5-8-23-35(24)42-38(25)32/h3-23H,1-2H3. The predicted molar refractivity (Wildman–Crippen MR) is 179 cm³/mol. The third-order valence-corrected chi connectivity index (χ3v) is 10.3. The molecule has 0 aliphatic heterocycles. The van der Waals surface area contributed by atoms with Crippen LogP contribution in [0.15, 0.2) is 132 Å². The van der Waals surface area contributed by atoms with Crippen molar-refractivity contribution in [3.05, 3.63) is 139 Å². The van der Waals surface area contributed by atoms with Crippen LogP contribution in [0.25, 0.3) is 53.2 Å². The van der Waals surface area contributed by atoms with Crippen molar-refractivity contribution in [2.75, 3.05) is 4.90 Å². The number of furan rings is 1. The summed E-state index contributed by atoms with van der Waals surface area (Å²) in [6, 6.07) is 46.1. The molecule has 0 radical (unpaired) electrons. The second-order valence-corrected chi connectivity index (χ2v) is 12.8. The lowest BCUT2D eigenvalue weighted by molar-refractivity contribution is 0.660. The van der Waals surface area contributed by atoms with Crippen molar-refractivity contribution in [2.24, 2.45) is 0 Å². The molecular formula is C39H27NOS. The lowest BCUT2D eigenvalue weighted by atomic mass is 9.82. The molecule has 0 bridgehead atoms. The van der Waals surface area contributed by atoms with Crippen LogP contribution in [-0.4, -0.2) is 0 Å². The van der Waals surface area contributed by atoms with Gasteiger partial charge in [-0.2, -0.15) is 0 Å². The largest absolute Gasteiger partial charge is 0.456 e. The molecule has 8 aromatic rings. The summed E-state index contributed by atoms with van der Waals surface area (Å²) in [7, 11) is 0. The number of fused-ring (bicyclic) bond motifs is 9. The van der Waals surface area contributed by atoms with Gasteiger partial charge in [-0.25, -0.2) is 0 Å². The van der Waals surface area contributed by atoms with E-state index in [9.17, 15) is 0 Å². The van der Waals surface area contributed by atoms with Crippen molar-refractivity contribution in [1.29, 1.82) is 0 Å². The molecule has 2 heterocycles. The average Bonchev–Trinajstić information content (AvgIpc) is 3.67. The number of hydrogen-bond acceptors (Lipinski definition) is 3. The Morgan fingerprint density at radius 2 is 1.19 bits per heavy atom. The molecule has 42 heavy (non-hydrogen) atoms. The molecule has 2 aromatic heterocycles. The van der Waals surface area contributed by atoms with Gasteiger partial charge in [0.25, 0.3) is 0 Å². The van der Waals surface area contributed by atoms with Gasteiger partial charge in [0.15, 0.2) is 0 Å². The smallest absolute Gasteiger partial charge is 0.137 e. The molecule has 0 saturated heterocycles. The average molecular weight is 558 g/mol. The molecular weight excluding hydrogens is 531 g/mol. The highest BCUT2D eigenvalue weighted by Crippen LogP contribution is 2.56. The van der Waals surface area contributed by atoms with Gasteiger partial charge in [-0.05, 0) is 53.1 Å². The minimum Gasteiger partial charge on any atom is -0.456 e. The summed E-state index contributed by atoms with van der Waals surface area (Å²) in [6.45, 7) is 4.70. The first-order valence-electron chi connectivity index (χ1n) is 14.5. The van der Waals surface area contributed by atoms with Crippen LogP contribution >= 0.6 is 11.3 Å². The molecule has 9 rings (SSSR count). The van der Waals surface area contributed by atoms with Gasteiger partial charge in [-0.15, -0.1) is 11.3 Å². The van der Waals surface area contributed by atoms with E-state index in [1.54, 1.807) is 0 Å². The second-order valence-electron chi connectivity index (χ2n) is 11.7. The first kappa shape index (κ1) is 23.8. The van der Waals surface area contributed by atoms with E-state index in [1.807, 2.05) is 17.4 Å².